The number of hydrogen-bond donors (Lipinski definition) is 1. The normalized spacial score (nSPS) is 10.0. The third-order valence-electron chi connectivity index (χ3n) is 2.76. The highest BCUT2D eigenvalue weighted by Gasteiger charge is 2.04. The van der Waals surface area contributed by atoms with Crippen LogP contribution in [0.5, 0.6) is 0 Å². The molecule has 0 saturated heterocycles. The molecular weight excluding hydrogens is 307 g/mol. The second kappa shape index (κ2) is 5.85. The summed E-state index contributed by atoms with van der Waals surface area (Å²) in [4.78, 5) is 0. The Labute approximate surface area is 120 Å². The summed E-state index contributed by atoms with van der Waals surface area (Å²) in [6.45, 7) is 2.56. The summed E-state index contributed by atoms with van der Waals surface area (Å²) in [5, 5.41) is 12.0. The van der Waals surface area contributed by atoms with Crippen LogP contribution in [0.3, 0.4) is 0 Å². The van der Waals surface area contributed by atoms with E-state index < -0.39 is 5.82 Å². The second-order valence-corrected chi connectivity index (χ2v) is 5.12. The predicted octanol–water partition coefficient (Wildman–Crippen LogP) is 4.38. The van der Waals surface area contributed by atoms with Crippen molar-refractivity contribution in [3.63, 3.8) is 0 Å². The van der Waals surface area contributed by atoms with E-state index in [1.165, 1.54) is 11.6 Å². The zero-order valence-corrected chi connectivity index (χ0v) is 12.0. The minimum Gasteiger partial charge on any atom is -0.380 e. The number of nitrogens with zero attached hydrogens (tertiary/aromatic N) is 1. The highest BCUT2D eigenvalue weighted by molar-refractivity contribution is 9.10. The van der Waals surface area contributed by atoms with Crippen molar-refractivity contribution in [1.29, 1.82) is 5.26 Å². The molecule has 4 heteroatoms. The molecule has 19 heavy (non-hydrogen) atoms. The molecule has 0 unspecified atom stereocenters. The zero-order valence-electron chi connectivity index (χ0n) is 10.4. The van der Waals surface area contributed by atoms with E-state index in [9.17, 15) is 4.39 Å². The molecule has 1 N–H and O–H groups in total. The van der Waals surface area contributed by atoms with Crippen LogP contribution in [-0.4, -0.2) is 0 Å². The number of rotatable bonds is 3. The minimum absolute atomic E-state index is 0.0715. The largest absolute Gasteiger partial charge is 0.380 e. The lowest BCUT2D eigenvalue weighted by molar-refractivity contribution is 0.623. The fourth-order valence-corrected chi connectivity index (χ4v) is 2.36. The van der Waals surface area contributed by atoms with Crippen molar-refractivity contribution in [3.8, 4) is 6.07 Å². The van der Waals surface area contributed by atoms with Gasteiger partial charge in [-0.25, -0.2) is 4.39 Å². The topological polar surface area (TPSA) is 35.8 Å². The van der Waals surface area contributed by atoms with E-state index >= 15 is 0 Å². The van der Waals surface area contributed by atoms with Gasteiger partial charge in [-0.1, -0.05) is 12.1 Å². The van der Waals surface area contributed by atoms with Gasteiger partial charge in [-0.3, -0.25) is 0 Å². The molecule has 0 aromatic heterocycles. The predicted molar refractivity (Wildman–Crippen MR) is 77.3 cm³/mol. The zero-order chi connectivity index (χ0) is 13.8. The first-order chi connectivity index (χ1) is 9.10. The maximum Gasteiger partial charge on any atom is 0.140 e. The Morgan fingerprint density at radius 2 is 2.05 bits per heavy atom. The first-order valence-electron chi connectivity index (χ1n) is 5.78. The molecule has 0 heterocycles. The molecule has 2 nitrogen and oxygen atoms in total. The molecule has 0 bridgehead atoms. The van der Waals surface area contributed by atoms with Gasteiger partial charge in [0.2, 0.25) is 0 Å². The summed E-state index contributed by atoms with van der Waals surface area (Å²) in [6, 6.07) is 12.4. The van der Waals surface area contributed by atoms with Crippen LogP contribution in [0.2, 0.25) is 0 Å². The Hall–Kier alpha value is -1.86. The average molecular weight is 319 g/mol. The number of nitriles is 1. The Morgan fingerprint density at radius 1 is 1.26 bits per heavy atom. The maximum absolute atomic E-state index is 13.2. The van der Waals surface area contributed by atoms with Crippen LogP contribution in [-0.2, 0) is 6.54 Å². The third-order valence-corrected chi connectivity index (χ3v) is 3.41. The summed E-state index contributed by atoms with van der Waals surface area (Å²) in [7, 11) is 0. The van der Waals surface area contributed by atoms with Crippen molar-refractivity contribution < 1.29 is 4.39 Å². The number of halogens is 2. The van der Waals surface area contributed by atoms with Crippen LogP contribution < -0.4 is 5.32 Å². The molecule has 0 amide bonds. The van der Waals surface area contributed by atoms with Crippen LogP contribution in [0.4, 0.5) is 10.1 Å². The lowest BCUT2D eigenvalue weighted by Gasteiger charge is -2.09. The fraction of sp³-hybridized carbons (Fsp3) is 0.133. The van der Waals surface area contributed by atoms with Crippen LogP contribution in [0, 0.1) is 24.1 Å². The molecular formula is C15H12BrFN2. The van der Waals surface area contributed by atoms with E-state index in [1.54, 1.807) is 12.1 Å². The molecule has 0 fully saturated rings. The van der Waals surface area contributed by atoms with Crippen LogP contribution in [0.25, 0.3) is 0 Å². The first kappa shape index (κ1) is 13.6. The summed E-state index contributed by atoms with van der Waals surface area (Å²) >= 11 is 3.49. The van der Waals surface area contributed by atoms with Crippen molar-refractivity contribution in [2.45, 2.75) is 13.5 Å². The van der Waals surface area contributed by atoms with Crippen molar-refractivity contribution >= 4 is 21.6 Å². The molecule has 96 valence electrons. The van der Waals surface area contributed by atoms with Crippen molar-refractivity contribution in [2.24, 2.45) is 0 Å². The number of hydrogen-bond acceptors (Lipinski definition) is 2. The average Bonchev–Trinajstić information content (AvgIpc) is 2.39. The SMILES string of the molecule is Cc1ccc(NCc2ccc(F)c(C#N)c2)c(Br)c1. The molecule has 0 radical (unpaired) electrons. The minimum atomic E-state index is -0.484. The number of benzene rings is 2. The monoisotopic (exact) mass is 318 g/mol. The van der Waals surface area contributed by atoms with Gasteiger partial charge in [0, 0.05) is 16.7 Å². The van der Waals surface area contributed by atoms with Gasteiger partial charge < -0.3 is 5.32 Å². The van der Waals surface area contributed by atoms with Crippen molar-refractivity contribution in [2.75, 3.05) is 5.32 Å². The molecule has 0 aliphatic heterocycles. The van der Waals surface area contributed by atoms with Crippen LogP contribution >= 0.6 is 15.9 Å². The Balaban J connectivity index is 2.13. The highest BCUT2D eigenvalue weighted by atomic mass is 79.9. The summed E-state index contributed by atoms with van der Waals surface area (Å²) in [5.74, 6) is -0.484. The highest BCUT2D eigenvalue weighted by Crippen LogP contribution is 2.24. The van der Waals surface area contributed by atoms with E-state index in [2.05, 4.69) is 21.2 Å². The van der Waals surface area contributed by atoms with Crippen LogP contribution in [0.1, 0.15) is 16.7 Å². The van der Waals surface area contributed by atoms with Gasteiger partial charge in [0.05, 0.1) is 5.56 Å². The Morgan fingerprint density at radius 3 is 2.74 bits per heavy atom. The Bertz CT molecular complexity index is 647. The molecule has 0 atom stereocenters. The van der Waals surface area contributed by atoms with Gasteiger partial charge >= 0.3 is 0 Å². The summed E-state index contributed by atoms with van der Waals surface area (Å²) in [6.07, 6.45) is 0. The Kier molecular flexibility index (Phi) is 4.18. The van der Waals surface area contributed by atoms with Crippen LogP contribution in [0.15, 0.2) is 40.9 Å². The van der Waals surface area contributed by atoms with Gasteiger partial charge in [-0.05, 0) is 58.2 Å². The molecule has 2 rings (SSSR count). The third kappa shape index (κ3) is 3.33. The lowest BCUT2D eigenvalue weighted by atomic mass is 10.1. The molecule has 2 aromatic rings. The summed E-state index contributed by atoms with van der Waals surface area (Å²) < 4.78 is 14.2. The van der Waals surface area contributed by atoms with Gasteiger partial charge in [0.25, 0.3) is 0 Å². The molecule has 0 aliphatic carbocycles. The van der Waals surface area contributed by atoms with E-state index in [0.717, 1.165) is 15.7 Å². The smallest absolute Gasteiger partial charge is 0.140 e. The van der Waals surface area contributed by atoms with Gasteiger partial charge in [0.15, 0.2) is 0 Å². The maximum atomic E-state index is 13.2. The van der Waals surface area contributed by atoms with E-state index in [4.69, 9.17) is 5.26 Å². The molecule has 0 saturated carbocycles. The standard InChI is InChI=1S/C15H12BrFN2/c1-10-2-5-15(13(16)6-10)19-9-11-3-4-14(17)12(7-11)8-18/h2-7,19H,9H2,1H3. The van der Waals surface area contributed by atoms with E-state index in [-0.39, 0.29) is 5.56 Å². The lowest BCUT2D eigenvalue weighted by Crippen LogP contribution is -2.01. The second-order valence-electron chi connectivity index (χ2n) is 4.26. The summed E-state index contributed by atoms with van der Waals surface area (Å²) in [5.41, 5.74) is 3.08. The van der Waals surface area contributed by atoms with E-state index in [1.807, 2.05) is 31.2 Å². The van der Waals surface area contributed by atoms with Crippen molar-refractivity contribution in [3.05, 3.63) is 63.4 Å². The van der Waals surface area contributed by atoms with Gasteiger partial charge in [0.1, 0.15) is 11.9 Å². The number of aryl methyl sites for hydroxylation is 1. The van der Waals surface area contributed by atoms with Gasteiger partial charge in [-0.2, -0.15) is 5.26 Å². The molecule has 2 aromatic carbocycles. The quantitative estimate of drug-likeness (QED) is 0.911. The molecule has 0 aliphatic rings. The fourth-order valence-electron chi connectivity index (χ4n) is 1.73. The first-order valence-corrected chi connectivity index (χ1v) is 6.58. The van der Waals surface area contributed by atoms with Crippen molar-refractivity contribution in [1.82, 2.24) is 0 Å². The van der Waals surface area contributed by atoms with Gasteiger partial charge in [-0.15, -0.1) is 0 Å². The molecule has 0 spiro atoms. The number of nitrogens with one attached hydrogen (secondary N) is 1. The van der Waals surface area contributed by atoms with E-state index in [0.29, 0.717) is 6.54 Å². The number of anilines is 1.